The van der Waals surface area contributed by atoms with Crippen LogP contribution in [0, 0.1) is 0 Å². The quantitative estimate of drug-likeness (QED) is 0.120. The molecule has 0 atom stereocenters. The van der Waals surface area contributed by atoms with Crippen LogP contribution < -0.4 is 19.9 Å². The molecule has 2 aliphatic rings. The lowest BCUT2D eigenvalue weighted by atomic mass is 9.69. The lowest BCUT2D eigenvalue weighted by Gasteiger charge is -2.37. The average Bonchev–Trinajstić information content (AvgIpc) is 3.70. The van der Waals surface area contributed by atoms with Gasteiger partial charge in [-0.1, -0.05) is 34.1 Å². The van der Waals surface area contributed by atoms with Gasteiger partial charge in [0.05, 0.1) is 34.4 Å². The van der Waals surface area contributed by atoms with Gasteiger partial charge in [-0.05, 0) is 99.3 Å². The largest absolute Gasteiger partial charge is 0.490 e. The molecular weight excluding hydrogens is 796 g/mol. The highest BCUT2D eigenvalue weighted by Crippen LogP contribution is 2.53. The highest BCUT2D eigenvalue weighted by molar-refractivity contribution is 9.10. The number of amides is 3. The van der Waals surface area contributed by atoms with Gasteiger partial charge < -0.3 is 19.9 Å². The zero-order chi connectivity index (χ0) is 39.5. The average molecular weight is 831 g/mol. The number of nitrogens with one attached hydrogen (secondary N) is 2. The molecule has 2 heterocycles. The van der Waals surface area contributed by atoms with Gasteiger partial charge in [-0.25, -0.2) is 0 Å². The molecular formula is C39H34BrF6N5O4. The van der Waals surface area contributed by atoms with Crippen molar-refractivity contribution < 1.29 is 45.5 Å². The Morgan fingerprint density at radius 1 is 0.982 bits per heavy atom. The van der Waals surface area contributed by atoms with E-state index in [0.29, 0.717) is 37.8 Å². The van der Waals surface area contributed by atoms with Crippen molar-refractivity contribution in [3.05, 3.63) is 112 Å². The van der Waals surface area contributed by atoms with Crippen LogP contribution in [-0.2, 0) is 32.2 Å². The van der Waals surface area contributed by atoms with Crippen molar-refractivity contribution in [2.75, 3.05) is 28.2 Å². The van der Waals surface area contributed by atoms with Crippen LogP contribution in [0.15, 0.2) is 95.6 Å². The molecule has 7 rings (SSSR count). The van der Waals surface area contributed by atoms with Gasteiger partial charge in [0.2, 0.25) is 18.2 Å². The summed E-state index contributed by atoms with van der Waals surface area (Å²) in [7, 11) is 0. The van der Waals surface area contributed by atoms with Crippen LogP contribution in [0.1, 0.15) is 49.3 Å². The molecule has 0 bridgehead atoms. The normalized spacial score (nSPS) is 18.1. The Kier molecular flexibility index (Phi) is 11.3. The molecule has 55 heavy (non-hydrogen) atoms. The number of rotatable bonds is 8. The summed E-state index contributed by atoms with van der Waals surface area (Å²) in [6, 6.07) is 20.4. The van der Waals surface area contributed by atoms with Crippen LogP contribution in [0.25, 0.3) is 10.9 Å². The first-order valence-corrected chi connectivity index (χ1v) is 18.0. The van der Waals surface area contributed by atoms with E-state index in [1.54, 1.807) is 13.1 Å². The van der Waals surface area contributed by atoms with E-state index in [0.717, 1.165) is 51.0 Å². The number of alkyl halides is 6. The number of anilines is 3. The summed E-state index contributed by atoms with van der Waals surface area (Å²) in [5, 5.41) is 10.1. The number of likely N-dealkylation sites (N-methyl/N-ethyl adjacent to an activating group) is 1. The summed E-state index contributed by atoms with van der Waals surface area (Å²) in [6.45, 7) is 1.57. The maximum Gasteiger partial charge on any atom is 0.416 e. The molecule has 288 valence electrons. The molecule has 2 N–H and O–H groups in total. The number of aromatic nitrogens is 2. The Bertz CT molecular complexity index is 2200. The first-order chi connectivity index (χ1) is 26.1. The fourth-order valence-electron chi connectivity index (χ4n) is 7.12. The summed E-state index contributed by atoms with van der Waals surface area (Å²) in [5.74, 6) is 0.113. The van der Waals surface area contributed by atoms with Gasteiger partial charge in [0.1, 0.15) is 12.3 Å². The third kappa shape index (κ3) is 8.33. The molecule has 0 unspecified atom stereocenters. The molecule has 1 aromatic heterocycles. The Labute approximate surface area is 319 Å². The third-order valence-electron chi connectivity index (χ3n) is 9.73. The number of benzene rings is 4. The van der Waals surface area contributed by atoms with Crippen LogP contribution in [0.4, 0.5) is 43.4 Å². The van der Waals surface area contributed by atoms with Crippen molar-refractivity contribution in [3.63, 3.8) is 0 Å². The van der Waals surface area contributed by atoms with Gasteiger partial charge in [0, 0.05) is 39.0 Å². The van der Waals surface area contributed by atoms with Crippen LogP contribution >= 0.6 is 15.9 Å². The lowest BCUT2D eigenvalue weighted by Crippen LogP contribution is -2.48. The van der Waals surface area contributed by atoms with E-state index in [-0.39, 0.29) is 36.5 Å². The minimum absolute atomic E-state index is 0.0779. The molecule has 9 nitrogen and oxygen atoms in total. The van der Waals surface area contributed by atoms with E-state index in [4.69, 9.17) is 4.74 Å². The highest BCUT2D eigenvalue weighted by Gasteiger charge is 2.54. The minimum atomic E-state index is -4.53. The number of carbonyl (C=O) groups excluding carboxylic acids is 3. The number of carbonyl (C=O) groups is 3. The summed E-state index contributed by atoms with van der Waals surface area (Å²) in [5.41, 5.74) is 0.254. The Morgan fingerprint density at radius 3 is 2.33 bits per heavy atom. The Hall–Kier alpha value is -5.38. The Balaban J connectivity index is 0.000000336. The van der Waals surface area contributed by atoms with E-state index in [2.05, 4.69) is 31.4 Å². The fourth-order valence-corrected chi connectivity index (χ4v) is 7.86. The second-order valence-electron chi connectivity index (χ2n) is 13.1. The summed E-state index contributed by atoms with van der Waals surface area (Å²) < 4.78 is 83.4. The standard InChI is InChI=1S/C31H28BrF3N4O3.C8H6F3NO/c1-2-38(21-6-3-5-20(16-21)31(33,34)35)27(40)18-39-26-8-4-7-24(32)28(26)30(29(39)41)13-11-22(12-14-30)42-23-9-10-25-19(15-23)17-36-37-25;9-8(10,11)6-2-1-3-7(4-6)12-5-13/h3-10,15-17,22H,2,11-14,18H2,1H3,(H,36,37);1-5H,(H,12,13). The van der Waals surface area contributed by atoms with Crippen LogP contribution in [-0.4, -0.2) is 47.6 Å². The van der Waals surface area contributed by atoms with Crippen molar-refractivity contribution in [2.24, 2.45) is 0 Å². The summed E-state index contributed by atoms with van der Waals surface area (Å²) in [6.07, 6.45) is -4.55. The van der Waals surface area contributed by atoms with Gasteiger partial charge in [-0.2, -0.15) is 31.4 Å². The highest BCUT2D eigenvalue weighted by atomic mass is 79.9. The third-order valence-corrected chi connectivity index (χ3v) is 10.4. The first kappa shape index (κ1) is 39.3. The molecule has 0 saturated heterocycles. The van der Waals surface area contributed by atoms with E-state index >= 15 is 0 Å². The smallest absolute Gasteiger partial charge is 0.416 e. The fraction of sp³-hybridized carbons (Fsp3) is 0.282. The zero-order valence-electron chi connectivity index (χ0n) is 29.2. The van der Waals surface area contributed by atoms with Crippen molar-refractivity contribution in [3.8, 4) is 5.75 Å². The molecule has 1 saturated carbocycles. The monoisotopic (exact) mass is 829 g/mol. The number of hydrogen-bond donors (Lipinski definition) is 2. The van der Waals surface area contributed by atoms with Crippen LogP contribution in [0.5, 0.6) is 5.75 Å². The number of fused-ring (bicyclic) bond motifs is 3. The van der Waals surface area contributed by atoms with Crippen molar-refractivity contribution >= 4 is 62.1 Å². The number of aromatic amines is 1. The number of nitrogens with zero attached hydrogens (tertiary/aromatic N) is 3. The maximum atomic E-state index is 14.2. The first-order valence-electron chi connectivity index (χ1n) is 17.2. The van der Waals surface area contributed by atoms with Gasteiger partial charge in [-0.3, -0.25) is 19.5 Å². The number of halogens is 7. The summed E-state index contributed by atoms with van der Waals surface area (Å²) in [4.78, 5) is 40.4. The lowest BCUT2D eigenvalue weighted by molar-refractivity contribution is -0.138. The zero-order valence-corrected chi connectivity index (χ0v) is 30.8. The van der Waals surface area contributed by atoms with E-state index in [1.807, 2.05) is 36.4 Å². The van der Waals surface area contributed by atoms with Gasteiger partial charge in [0.15, 0.2) is 0 Å². The van der Waals surface area contributed by atoms with Crippen LogP contribution in [0.3, 0.4) is 0 Å². The molecule has 0 radical (unpaired) electrons. The van der Waals surface area contributed by atoms with Crippen molar-refractivity contribution in [1.82, 2.24) is 10.2 Å². The van der Waals surface area contributed by atoms with Gasteiger partial charge >= 0.3 is 12.4 Å². The molecule has 5 aromatic rings. The van der Waals surface area contributed by atoms with E-state index in [1.165, 1.54) is 34.1 Å². The van der Waals surface area contributed by atoms with E-state index in [9.17, 15) is 40.7 Å². The SMILES string of the molecule is CCN(C(=O)CN1C(=O)C2(CCC(Oc3ccc4[nH]ncc4c3)CC2)c2c(Br)cccc21)c1cccc(C(F)(F)F)c1.O=CNc1cccc(C(F)(F)F)c1. The molecule has 1 spiro atoms. The molecule has 1 fully saturated rings. The summed E-state index contributed by atoms with van der Waals surface area (Å²) >= 11 is 3.65. The number of ether oxygens (including phenoxy) is 1. The van der Waals surface area contributed by atoms with Gasteiger partial charge in [0.25, 0.3) is 0 Å². The maximum absolute atomic E-state index is 14.2. The molecule has 1 aliphatic heterocycles. The second kappa shape index (κ2) is 15.8. The molecule has 3 amide bonds. The van der Waals surface area contributed by atoms with Crippen LogP contribution in [0.2, 0.25) is 0 Å². The number of hydrogen-bond acceptors (Lipinski definition) is 5. The predicted octanol–water partition coefficient (Wildman–Crippen LogP) is 9.28. The van der Waals surface area contributed by atoms with Gasteiger partial charge in [-0.15, -0.1) is 0 Å². The molecule has 4 aromatic carbocycles. The number of H-pyrrole nitrogens is 1. The molecule has 1 aliphatic carbocycles. The van der Waals surface area contributed by atoms with Crippen molar-refractivity contribution in [1.29, 1.82) is 0 Å². The Morgan fingerprint density at radius 2 is 1.65 bits per heavy atom. The predicted molar refractivity (Wildman–Crippen MR) is 198 cm³/mol. The minimum Gasteiger partial charge on any atom is -0.490 e. The molecule has 16 heteroatoms. The van der Waals surface area contributed by atoms with Crippen molar-refractivity contribution in [2.45, 2.75) is 56.5 Å². The second-order valence-corrected chi connectivity index (χ2v) is 13.9. The van der Waals surface area contributed by atoms with E-state index < -0.39 is 34.8 Å². The topological polar surface area (TPSA) is 108 Å².